The highest BCUT2D eigenvalue weighted by molar-refractivity contribution is 4.74. The average molecular weight is 226 g/mol. The van der Waals surface area contributed by atoms with Crippen LogP contribution in [-0.2, 0) is 4.74 Å². The van der Waals surface area contributed by atoms with Gasteiger partial charge in [0.15, 0.2) is 0 Å². The van der Waals surface area contributed by atoms with Crippen LogP contribution >= 0.6 is 0 Å². The van der Waals surface area contributed by atoms with Gasteiger partial charge in [0.25, 0.3) is 0 Å². The molecule has 2 fully saturated rings. The summed E-state index contributed by atoms with van der Waals surface area (Å²) in [5.41, 5.74) is 0. The molecule has 2 heterocycles. The lowest BCUT2D eigenvalue weighted by Gasteiger charge is -2.22. The first kappa shape index (κ1) is 12.3. The van der Waals surface area contributed by atoms with Crippen LogP contribution in [0.1, 0.15) is 38.5 Å². The normalized spacial score (nSPS) is 27.4. The fourth-order valence-electron chi connectivity index (χ4n) is 2.75. The molecular formula is C13H26N2O. The predicted octanol–water partition coefficient (Wildman–Crippen LogP) is 1.53. The quantitative estimate of drug-likeness (QED) is 0.674. The summed E-state index contributed by atoms with van der Waals surface area (Å²) in [5.74, 6) is 0.908. The Morgan fingerprint density at radius 2 is 1.88 bits per heavy atom. The Balaban J connectivity index is 1.42. The highest BCUT2D eigenvalue weighted by Crippen LogP contribution is 2.17. The highest BCUT2D eigenvalue weighted by Gasteiger charge is 2.14. The average Bonchev–Trinajstić information content (AvgIpc) is 2.83. The van der Waals surface area contributed by atoms with Gasteiger partial charge in [0.2, 0.25) is 0 Å². The van der Waals surface area contributed by atoms with Gasteiger partial charge in [-0.2, -0.15) is 0 Å². The van der Waals surface area contributed by atoms with Crippen molar-refractivity contribution in [3.8, 4) is 0 Å². The monoisotopic (exact) mass is 226 g/mol. The molecule has 16 heavy (non-hydrogen) atoms. The van der Waals surface area contributed by atoms with Crippen molar-refractivity contribution < 1.29 is 4.74 Å². The fourth-order valence-corrected chi connectivity index (χ4v) is 2.75. The van der Waals surface area contributed by atoms with Gasteiger partial charge in [-0.3, -0.25) is 0 Å². The summed E-state index contributed by atoms with van der Waals surface area (Å²) in [4.78, 5) is 0. The third kappa shape index (κ3) is 4.40. The Labute approximate surface area is 99.3 Å². The van der Waals surface area contributed by atoms with Crippen LogP contribution in [-0.4, -0.2) is 38.9 Å². The molecule has 3 heteroatoms. The molecule has 1 atom stereocenters. The highest BCUT2D eigenvalue weighted by atomic mass is 16.5. The van der Waals surface area contributed by atoms with Crippen LogP contribution in [0.3, 0.4) is 0 Å². The van der Waals surface area contributed by atoms with Crippen molar-refractivity contribution in [2.75, 3.05) is 32.8 Å². The first-order valence-electron chi connectivity index (χ1n) is 6.97. The summed E-state index contributed by atoms with van der Waals surface area (Å²) in [6.07, 6.45) is 7.92. The maximum absolute atomic E-state index is 5.37. The topological polar surface area (TPSA) is 33.3 Å². The Hall–Kier alpha value is -0.120. The van der Waals surface area contributed by atoms with Crippen molar-refractivity contribution in [1.29, 1.82) is 0 Å². The van der Waals surface area contributed by atoms with Crippen molar-refractivity contribution in [2.45, 2.75) is 44.6 Å². The summed E-state index contributed by atoms with van der Waals surface area (Å²) >= 11 is 0. The first-order chi connectivity index (χ1) is 7.95. The molecule has 0 spiro atoms. The van der Waals surface area contributed by atoms with Crippen molar-refractivity contribution >= 4 is 0 Å². The molecule has 2 N–H and O–H groups in total. The molecule has 0 aromatic rings. The second-order valence-electron chi connectivity index (χ2n) is 5.18. The SMILES string of the molecule is C1CNC(CCNCCC2CCOCC2)C1. The third-order valence-electron chi connectivity index (χ3n) is 3.90. The molecule has 0 aromatic carbocycles. The van der Waals surface area contributed by atoms with E-state index in [0.29, 0.717) is 0 Å². The number of rotatable bonds is 6. The molecule has 94 valence electrons. The van der Waals surface area contributed by atoms with Gasteiger partial charge in [0.05, 0.1) is 0 Å². The van der Waals surface area contributed by atoms with Gasteiger partial charge in [0.1, 0.15) is 0 Å². The van der Waals surface area contributed by atoms with Gasteiger partial charge in [0, 0.05) is 19.3 Å². The Kier molecular flexibility index (Phi) is 5.59. The van der Waals surface area contributed by atoms with Gasteiger partial charge < -0.3 is 15.4 Å². The van der Waals surface area contributed by atoms with E-state index in [9.17, 15) is 0 Å². The van der Waals surface area contributed by atoms with E-state index in [1.165, 1.54) is 58.2 Å². The van der Waals surface area contributed by atoms with Crippen LogP contribution in [0.25, 0.3) is 0 Å². The molecular weight excluding hydrogens is 200 g/mol. The van der Waals surface area contributed by atoms with Crippen molar-refractivity contribution in [3.05, 3.63) is 0 Å². The number of ether oxygens (including phenoxy) is 1. The molecule has 0 aromatic heterocycles. The molecule has 2 rings (SSSR count). The molecule has 0 amide bonds. The van der Waals surface area contributed by atoms with E-state index in [-0.39, 0.29) is 0 Å². The predicted molar refractivity (Wildman–Crippen MR) is 66.7 cm³/mol. The summed E-state index contributed by atoms with van der Waals surface area (Å²) < 4.78 is 5.37. The third-order valence-corrected chi connectivity index (χ3v) is 3.90. The summed E-state index contributed by atoms with van der Waals surface area (Å²) in [6, 6.07) is 0.788. The van der Waals surface area contributed by atoms with E-state index >= 15 is 0 Å². The summed E-state index contributed by atoms with van der Waals surface area (Å²) in [5, 5.41) is 7.12. The van der Waals surface area contributed by atoms with Crippen LogP contribution in [0.4, 0.5) is 0 Å². The smallest absolute Gasteiger partial charge is 0.0468 e. The summed E-state index contributed by atoms with van der Waals surface area (Å²) in [7, 11) is 0. The zero-order valence-electron chi connectivity index (χ0n) is 10.3. The Morgan fingerprint density at radius 1 is 1.06 bits per heavy atom. The maximum Gasteiger partial charge on any atom is 0.0468 e. The maximum atomic E-state index is 5.37. The molecule has 3 nitrogen and oxygen atoms in total. The Morgan fingerprint density at radius 3 is 2.62 bits per heavy atom. The number of nitrogens with one attached hydrogen (secondary N) is 2. The van der Waals surface area contributed by atoms with Crippen LogP contribution < -0.4 is 10.6 Å². The molecule has 0 radical (unpaired) electrons. The van der Waals surface area contributed by atoms with E-state index in [4.69, 9.17) is 4.74 Å². The number of hydrogen-bond acceptors (Lipinski definition) is 3. The molecule has 2 aliphatic rings. The molecule has 0 aliphatic carbocycles. The lowest BCUT2D eigenvalue weighted by Crippen LogP contribution is -2.28. The minimum atomic E-state index is 0.788. The van der Waals surface area contributed by atoms with E-state index in [1.54, 1.807) is 0 Å². The fraction of sp³-hybridized carbons (Fsp3) is 1.00. The van der Waals surface area contributed by atoms with Crippen molar-refractivity contribution in [3.63, 3.8) is 0 Å². The van der Waals surface area contributed by atoms with Crippen LogP contribution in [0, 0.1) is 5.92 Å². The zero-order chi connectivity index (χ0) is 11.1. The zero-order valence-corrected chi connectivity index (χ0v) is 10.3. The van der Waals surface area contributed by atoms with Crippen molar-refractivity contribution in [1.82, 2.24) is 10.6 Å². The van der Waals surface area contributed by atoms with Gasteiger partial charge in [-0.1, -0.05) is 0 Å². The van der Waals surface area contributed by atoms with E-state index in [1.807, 2.05) is 0 Å². The minimum absolute atomic E-state index is 0.788. The van der Waals surface area contributed by atoms with Crippen LogP contribution in [0.5, 0.6) is 0 Å². The number of hydrogen-bond donors (Lipinski definition) is 2. The standard InChI is InChI=1S/C13H26N2O/c1-2-13(15-7-1)4-9-14-8-3-12-5-10-16-11-6-12/h12-15H,1-11H2. The van der Waals surface area contributed by atoms with E-state index in [2.05, 4.69) is 10.6 Å². The molecule has 2 aliphatic heterocycles. The van der Waals surface area contributed by atoms with E-state index in [0.717, 1.165) is 25.2 Å². The molecule has 0 saturated carbocycles. The van der Waals surface area contributed by atoms with Crippen LogP contribution in [0.2, 0.25) is 0 Å². The van der Waals surface area contributed by atoms with Crippen LogP contribution in [0.15, 0.2) is 0 Å². The van der Waals surface area contributed by atoms with Gasteiger partial charge in [-0.25, -0.2) is 0 Å². The van der Waals surface area contributed by atoms with Crippen molar-refractivity contribution in [2.24, 2.45) is 5.92 Å². The Bertz CT molecular complexity index is 175. The summed E-state index contributed by atoms with van der Waals surface area (Å²) in [6.45, 7) is 5.57. The van der Waals surface area contributed by atoms with Gasteiger partial charge in [-0.15, -0.1) is 0 Å². The lowest BCUT2D eigenvalue weighted by atomic mass is 9.97. The molecule has 0 bridgehead atoms. The first-order valence-corrected chi connectivity index (χ1v) is 6.97. The minimum Gasteiger partial charge on any atom is -0.381 e. The van der Waals surface area contributed by atoms with E-state index < -0.39 is 0 Å². The lowest BCUT2D eigenvalue weighted by molar-refractivity contribution is 0.0640. The van der Waals surface area contributed by atoms with Gasteiger partial charge >= 0.3 is 0 Å². The molecule has 1 unspecified atom stereocenters. The van der Waals surface area contributed by atoms with Gasteiger partial charge in [-0.05, 0) is 64.1 Å². The molecule has 2 saturated heterocycles. The second-order valence-corrected chi connectivity index (χ2v) is 5.18. The second kappa shape index (κ2) is 7.25. The largest absolute Gasteiger partial charge is 0.381 e.